The highest BCUT2D eigenvalue weighted by molar-refractivity contribution is 5.71. The number of cyclic esters (lactones) is 1. The number of fused-ring (bicyclic) bond motifs is 2. The third-order valence-corrected chi connectivity index (χ3v) is 12.4. The molecule has 3 heterocycles. The largest absolute Gasteiger partial charge is 0.481 e. The number of carboxylic acids is 1. The zero-order valence-corrected chi connectivity index (χ0v) is 38.5. The van der Waals surface area contributed by atoms with Crippen molar-refractivity contribution in [3.8, 4) is 0 Å². The summed E-state index contributed by atoms with van der Waals surface area (Å²) in [5.41, 5.74) is 6.05. The average molecular weight is 938 g/mol. The van der Waals surface area contributed by atoms with Gasteiger partial charge < -0.3 is 80.5 Å². The van der Waals surface area contributed by atoms with E-state index in [1.807, 2.05) is 37.3 Å². The van der Waals surface area contributed by atoms with Crippen molar-refractivity contribution < 1.29 is 84.3 Å². The summed E-state index contributed by atoms with van der Waals surface area (Å²) < 4.78 is 29.3. The lowest BCUT2D eigenvalue weighted by Gasteiger charge is -2.47. The van der Waals surface area contributed by atoms with Crippen LogP contribution >= 0.6 is 0 Å². The normalized spacial score (nSPS) is 45.0. The predicted molar refractivity (Wildman–Crippen MR) is 242 cm³/mol. The molecular weight excluding hydrogens is 863 g/mol. The van der Waals surface area contributed by atoms with E-state index in [1.54, 1.807) is 75.5 Å². The van der Waals surface area contributed by atoms with Crippen molar-refractivity contribution in [2.75, 3.05) is 7.11 Å². The minimum Gasteiger partial charge on any atom is -0.481 e. The second-order valence-corrected chi connectivity index (χ2v) is 17.7. The molecule has 0 aliphatic carbocycles. The Bertz CT molecular complexity index is 1680. The Kier molecular flexibility index (Phi) is 24.3. The first kappa shape index (κ1) is 56.9. The Hall–Kier alpha value is -3.44. The van der Waals surface area contributed by atoms with Crippen molar-refractivity contribution in [2.24, 2.45) is 23.5 Å². The van der Waals surface area contributed by atoms with Gasteiger partial charge in [0, 0.05) is 44.6 Å². The highest BCUT2D eigenvalue weighted by Gasteiger charge is 2.52. The number of allylic oxidation sites excluding steroid dienone is 12. The summed E-state index contributed by atoms with van der Waals surface area (Å²) in [5.74, 6) is -6.12. The molecule has 0 radical (unpaired) electrons. The fourth-order valence-electron chi connectivity index (χ4n) is 8.16. The van der Waals surface area contributed by atoms with Gasteiger partial charge in [0.25, 0.3) is 0 Å². The number of carbonyl (C=O) groups excluding carboxylic acids is 1. The highest BCUT2D eigenvalue weighted by atomic mass is 16.7. The van der Waals surface area contributed by atoms with Gasteiger partial charge in [0.15, 0.2) is 12.1 Å². The van der Waals surface area contributed by atoms with Crippen molar-refractivity contribution in [3.05, 3.63) is 85.1 Å². The maximum absolute atomic E-state index is 12.6. The second-order valence-electron chi connectivity index (χ2n) is 17.7. The van der Waals surface area contributed by atoms with Crippen LogP contribution in [-0.2, 0) is 33.3 Å². The summed E-state index contributed by atoms with van der Waals surface area (Å²) in [6, 6.07) is -1.13. The van der Waals surface area contributed by atoms with Gasteiger partial charge in [0.2, 0.25) is 0 Å². The number of methoxy groups -OCH3 is 1. The molecule has 19 atom stereocenters. The topological polar surface area (TPSA) is 309 Å². The van der Waals surface area contributed by atoms with Crippen LogP contribution in [0.15, 0.2) is 85.1 Å². The molecule has 66 heavy (non-hydrogen) atoms. The van der Waals surface area contributed by atoms with Crippen LogP contribution in [0.3, 0.4) is 0 Å². The van der Waals surface area contributed by atoms with Crippen LogP contribution in [0.2, 0.25) is 0 Å². The molecule has 3 aliphatic rings. The molecule has 18 heteroatoms. The number of esters is 1. The van der Waals surface area contributed by atoms with Gasteiger partial charge in [-0.2, -0.15) is 0 Å². The Morgan fingerprint density at radius 2 is 1.24 bits per heavy atom. The van der Waals surface area contributed by atoms with Crippen molar-refractivity contribution in [3.63, 3.8) is 0 Å². The van der Waals surface area contributed by atoms with E-state index in [4.69, 9.17) is 29.4 Å². The van der Waals surface area contributed by atoms with Crippen LogP contribution in [0.1, 0.15) is 79.1 Å². The summed E-state index contributed by atoms with van der Waals surface area (Å²) in [6.45, 7) is 6.79. The molecule has 2 bridgehead atoms. The number of aliphatic hydroxyl groups excluding tert-OH is 9. The SMILES string of the molecule is CO[C@]12C[C@@H](O)C[C@@H](O)[C@H](O)CC[C@@H](O)C[C@@H](O)CC(=O)O[C@@H](C)[C@H](C)[C@H](O)[C@@H](C)/C=C/C=C/C=C/C=C/C=C/C=C/C=C/[C@H](O[C@@H]3O[C@H](C)[C@@H](O)[C@H](N)[C@H]3O)C[C@H](O1)[C@H](C(=O)O)[C@@H](O)C2. The van der Waals surface area contributed by atoms with Crippen molar-refractivity contribution >= 4 is 11.9 Å². The summed E-state index contributed by atoms with van der Waals surface area (Å²) in [6.07, 6.45) is 5.15. The van der Waals surface area contributed by atoms with E-state index in [-0.39, 0.29) is 38.0 Å². The number of aliphatic carboxylic acids is 1. The van der Waals surface area contributed by atoms with Crippen LogP contribution in [0.4, 0.5) is 0 Å². The molecular formula is C48H75NO17. The number of hydrogen-bond acceptors (Lipinski definition) is 17. The minimum atomic E-state index is -1.78. The molecule has 0 saturated carbocycles. The van der Waals surface area contributed by atoms with Crippen LogP contribution in [0.5, 0.6) is 0 Å². The van der Waals surface area contributed by atoms with Gasteiger partial charge in [-0.05, 0) is 33.1 Å². The molecule has 12 N–H and O–H groups in total. The van der Waals surface area contributed by atoms with Crippen LogP contribution < -0.4 is 5.73 Å². The van der Waals surface area contributed by atoms with Gasteiger partial charge in [-0.1, -0.05) is 98.9 Å². The van der Waals surface area contributed by atoms with Gasteiger partial charge in [0.1, 0.15) is 18.1 Å². The number of hydrogen-bond donors (Lipinski definition) is 11. The molecule has 3 aliphatic heterocycles. The Morgan fingerprint density at radius 1 is 0.667 bits per heavy atom. The number of carboxylic acid groups (broad SMARTS) is 1. The quantitative estimate of drug-likeness (QED) is 0.177. The predicted octanol–water partition coefficient (Wildman–Crippen LogP) is 1.37. The van der Waals surface area contributed by atoms with E-state index in [2.05, 4.69) is 0 Å². The van der Waals surface area contributed by atoms with Gasteiger partial charge in [-0.15, -0.1) is 0 Å². The molecule has 2 saturated heterocycles. The molecule has 0 unspecified atom stereocenters. The number of carbonyl (C=O) groups is 2. The fourth-order valence-corrected chi connectivity index (χ4v) is 8.16. The van der Waals surface area contributed by atoms with E-state index in [0.29, 0.717) is 0 Å². The first-order valence-electron chi connectivity index (χ1n) is 22.7. The summed E-state index contributed by atoms with van der Waals surface area (Å²) in [4.78, 5) is 25.2. The molecule has 18 nitrogen and oxygen atoms in total. The Morgan fingerprint density at radius 3 is 1.82 bits per heavy atom. The maximum Gasteiger partial charge on any atom is 0.311 e. The van der Waals surface area contributed by atoms with E-state index < -0.39 is 141 Å². The maximum atomic E-state index is 12.6. The summed E-state index contributed by atoms with van der Waals surface area (Å²) in [5, 5.41) is 108. The van der Waals surface area contributed by atoms with Gasteiger partial charge in [-0.25, -0.2) is 0 Å². The van der Waals surface area contributed by atoms with E-state index in [1.165, 1.54) is 7.11 Å². The van der Waals surface area contributed by atoms with Crippen LogP contribution in [0, 0.1) is 17.8 Å². The monoisotopic (exact) mass is 938 g/mol. The van der Waals surface area contributed by atoms with E-state index in [9.17, 15) is 60.7 Å². The van der Waals surface area contributed by atoms with Crippen molar-refractivity contribution in [1.82, 2.24) is 0 Å². The summed E-state index contributed by atoms with van der Waals surface area (Å²) >= 11 is 0. The zero-order valence-electron chi connectivity index (χ0n) is 38.5. The number of rotatable bonds is 4. The van der Waals surface area contributed by atoms with E-state index in [0.717, 1.165) is 0 Å². The molecule has 2 fully saturated rings. The molecule has 0 aromatic carbocycles. The third-order valence-electron chi connectivity index (χ3n) is 12.4. The van der Waals surface area contributed by atoms with Crippen molar-refractivity contribution in [2.45, 2.75) is 177 Å². The Balaban J connectivity index is 1.89. The molecule has 0 amide bonds. The average Bonchev–Trinajstić information content (AvgIpc) is 3.24. The lowest BCUT2D eigenvalue weighted by Crippen LogP contribution is -2.61. The highest BCUT2D eigenvalue weighted by Crippen LogP contribution is 2.40. The van der Waals surface area contributed by atoms with Crippen LogP contribution in [0.25, 0.3) is 0 Å². The van der Waals surface area contributed by atoms with Crippen LogP contribution in [-0.4, -0.2) is 168 Å². The number of nitrogens with two attached hydrogens (primary N) is 1. The summed E-state index contributed by atoms with van der Waals surface area (Å²) in [7, 11) is 1.25. The van der Waals surface area contributed by atoms with Crippen molar-refractivity contribution in [1.29, 1.82) is 0 Å². The van der Waals surface area contributed by atoms with Gasteiger partial charge >= 0.3 is 11.9 Å². The van der Waals surface area contributed by atoms with Gasteiger partial charge in [0.05, 0.1) is 79.6 Å². The standard InChI is InChI=1S/C48H75NO17/c1-28-18-16-14-12-10-8-6-7-9-11-13-15-17-19-35(65-47-45(59)42(49)44(58)31(4)64-47)25-39-41(46(60)61)38(55)27-48(62-5,66-39)26-34(52)23-37(54)36(53)21-20-32(50)22-33(51)24-40(56)63-30(3)29(2)43(28)57/h6-19,28-39,41-45,47,50-55,57-59H,20-27,49H2,1-5H3,(H,60,61)/b7-6+,10-8+,11-9+,14-12+,15-13+,18-16+,19-17+/t28-,29-,30-,31+,32+,33+,34-,35-,36+,37+,38-,39-,41+,42-,43+,44+,45+,47-,48+/m0/s1. The molecule has 0 spiro atoms. The first-order chi connectivity index (χ1) is 31.2. The third kappa shape index (κ3) is 18.2. The lowest BCUT2D eigenvalue weighted by molar-refractivity contribution is -0.317. The minimum absolute atomic E-state index is 0.0813. The fraction of sp³-hybridized carbons (Fsp3) is 0.667. The molecule has 3 rings (SSSR count). The number of ether oxygens (including phenoxy) is 5. The van der Waals surface area contributed by atoms with E-state index >= 15 is 0 Å². The van der Waals surface area contributed by atoms with Gasteiger partial charge in [-0.3, -0.25) is 9.59 Å². The molecule has 0 aromatic rings. The first-order valence-corrected chi connectivity index (χ1v) is 22.7. The lowest BCUT2D eigenvalue weighted by atomic mass is 9.82. The smallest absolute Gasteiger partial charge is 0.311 e. The molecule has 374 valence electrons. The zero-order chi connectivity index (χ0) is 49.1. The molecule has 0 aromatic heterocycles. The Labute approximate surface area is 387 Å². The second kappa shape index (κ2) is 28.1. The number of aliphatic hydroxyl groups is 9.